The Morgan fingerprint density at radius 1 is 1.20 bits per heavy atom. The number of nitrogens with one attached hydrogen (secondary N) is 2. The molecule has 2 N–H and O–H groups in total. The molecule has 1 saturated heterocycles. The predicted molar refractivity (Wildman–Crippen MR) is 111 cm³/mol. The number of hydrogen-bond donors (Lipinski definition) is 2. The minimum atomic E-state index is -0.585. The zero-order valence-corrected chi connectivity index (χ0v) is 17.5. The third kappa shape index (κ3) is 4.27. The van der Waals surface area contributed by atoms with E-state index in [0.717, 1.165) is 18.2 Å². The maximum absolute atomic E-state index is 12.5. The molecule has 0 spiro atoms. The second-order valence-electron chi connectivity index (χ2n) is 6.44. The van der Waals surface area contributed by atoms with Crippen molar-refractivity contribution in [1.82, 2.24) is 30.8 Å². The molecule has 10 nitrogen and oxygen atoms in total. The van der Waals surface area contributed by atoms with Gasteiger partial charge in [0, 0.05) is 23.5 Å². The predicted octanol–water partition coefficient (Wildman–Crippen LogP) is 1.60. The molecule has 0 aliphatic carbocycles. The Balaban J connectivity index is 1.39. The average Bonchev–Trinajstić information content (AvgIpc) is 3.40. The minimum absolute atomic E-state index is 0.0857. The van der Waals surface area contributed by atoms with Crippen molar-refractivity contribution < 1.29 is 14.3 Å². The Morgan fingerprint density at radius 2 is 1.97 bits per heavy atom. The highest BCUT2D eigenvalue weighted by Gasteiger charge is 2.20. The lowest BCUT2D eigenvalue weighted by Crippen LogP contribution is -2.42. The van der Waals surface area contributed by atoms with Gasteiger partial charge in [0.1, 0.15) is 5.69 Å². The number of thiazole rings is 1. The van der Waals surface area contributed by atoms with Crippen molar-refractivity contribution in [2.75, 3.05) is 31.2 Å². The number of hydrazine groups is 1. The minimum Gasteiger partial charge on any atom is -0.378 e. The zero-order chi connectivity index (χ0) is 21.1. The Labute approximate surface area is 180 Å². The van der Waals surface area contributed by atoms with E-state index in [-0.39, 0.29) is 11.4 Å². The molecule has 0 radical (unpaired) electrons. The normalized spacial score (nSPS) is 13.9. The van der Waals surface area contributed by atoms with Crippen LogP contribution in [0.3, 0.4) is 0 Å². The molecule has 4 rings (SSSR count). The molecule has 2 aromatic heterocycles. The van der Waals surface area contributed by atoms with Crippen LogP contribution >= 0.6 is 22.9 Å². The Bertz CT molecular complexity index is 1080. The lowest BCUT2D eigenvalue weighted by atomic mass is 10.3. The molecule has 1 aromatic carbocycles. The van der Waals surface area contributed by atoms with Crippen LogP contribution in [-0.4, -0.2) is 58.1 Å². The molecule has 0 unspecified atom stereocenters. The summed E-state index contributed by atoms with van der Waals surface area (Å²) in [6.07, 6.45) is 0. The number of halogens is 1. The molecular weight excluding hydrogens is 430 g/mol. The van der Waals surface area contributed by atoms with Crippen LogP contribution in [0.25, 0.3) is 5.69 Å². The van der Waals surface area contributed by atoms with Gasteiger partial charge in [-0.15, -0.1) is 16.4 Å². The van der Waals surface area contributed by atoms with Crippen molar-refractivity contribution in [2.45, 2.75) is 6.92 Å². The third-order valence-electron chi connectivity index (χ3n) is 4.46. The quantitative estimate of drug-likeness (QED) is 0.584. The highest BCUT2D eigenvalue weighted by molar-refractivity contribution is 7.13. The van der Waals surface area contributed by atoms with Crippen molar-refractivity contribution in [2.24, 2.45) is 0 Å². The number of hydrogen-bond acceptors (Lipinski definition) is 8. The first kappa shape index (κ1) is 20.3. The molecule has 1 aliphatic heterocycles. The largest absolute Gasteiger partial charge is 0.378 e. The number of morpholine rings is 1. The number of carbonyl (C=O) groups is 2. The number of benzene rings is 1. The number of aromatic nitrogens is 4. The fraction of sp³-hybridized carbons (Fsp3) is 0.278. The molecule has 0 saturated carbocycles. The number of nitrogens with zero attached hydrogens (tertiary/aromatic N) is 5. The molecule has 2 amide bonds. The van der Waals surface area contributed by atoms with Crippen LogP contribution < -0.4 is 15.8 Å². The Hall–Kier alpha value is -3.02. The van der Waals surface area contributed by atoms with Gasteiger partial charge in [-0.05, 0) is 25.1 Å². The van der Waals surface area contributed by atoms with E-state index < -0.39 is 11.8 Å². The summed E-state index contributed by atoms with van der Waals surface area (Å²) >= 11 is 7.38. The van der Waals surface area contributed by atoms with Gasteiger partial charge in [-0.25, -0.2) is 9.67 Å². The SMILES string of the molecule is Cc1c(C(=O)NNC(=O)c2csc(N3CCOCC3)n2)nnn1-c1cccc(Cl)c1. The van der Waals surface area contributed by atoms with Crippen molar-refractivity contribution in [3.63, 3.8) is 0 Å². The van der Waals surface area contributed by atoms with Crippen LogP contribution in [0.1, 0.15) is 26.7 Å². The molecular formula is C18H18ClN7O3S. The summed E-state index contributed by atoms with van der Waals surface area (Å²) in [6.45, 7) is 4.42. The van der Waals surface area contributed by atoms with Crippen LogP contribution in [-0.2, 0) is 4.74 Å². The average molecular weight is 448 g/mol. The molecule has 1 aliphatic rings. The van der Waals surface area contributed by atoms with Gasteiger partial charge in [0.05, 0.1) is 24.6 Å². The van der Waals surface area contributed by atoms with Gasteiger partial charge < -0.3 is 9.64 Å². The fourth-order valence-electron chi connectivity index (χ4n) is 2.90. The molecule has 3 heterocycles. The smallest absolute Gasteiger partial charge is 0.292 e. The first-order valence-corrected chi connectivity index (χ1v) is 10.4. The van der Waals surface area contributed by atoms with E-state index >= 15 is 0 Å². The lowest BCUT2D eigenvalue weighted by molar-refractivity contribution is 0.0841. The number of ether oxygens (including phenoxy) is 1. The Morgan fingerprint density at radius 3 is 2.73 bits per heavy atom. The van der Waals surface area contributed by atoms with Gasteiger partial charge in [-0.3, -0.25) is 20.4 Å². The van der Waals surface area contributed by atoms with E-state index in [1.165, 1.54) is 16.0 Å². The van der Waals surface area contributed by atoms with Gasteiger partial charge in [-0.2, -0.15) is 0 Å². The first-order chi connectivity index (χ1) is 14.5. The van der Waals surface area contributed by atoms with E-state index in [1.807, 2.05) is 0 Å². The van der Waals surface area contributed by atoms with E-state index in [2.05, 4.69) is 31.0 Å². The molecule has 0 atom stereocenters. The monoisotopic (exact) mass is 447 g/mol. The number of rotatable bonds is 4. The standard InChI is InChI=1S/C18H18ClN7O3S/c1-11-15(21-24-26(11)13-4-2-3-12(19)9-13)17(28)23-22-16(27)14-10-30-18(20-14)25-5-7-29-8-6-25/h2-4,9-10H,5-8H2,1H3,(H,22,27)(H,23,28). The summed E-state index contributed by atoms with van der Waals surface area (Å²) in [7, 11) is 0. The van der Waals surface area contributed by atoms with Crippen LogP contribution in [0.5, 0.6) is 0 Å². The number of anilines is 1. The number of amides is 2. The molecule has 30 heavy (non-hydrogen) atoms. The second-order valence-corrected chi connectivity index (χ2v) is 7.71. The van der Waals surface area contributed by atoms with Crippen molar-refractivity contribution in [3.8, 4) is 5.69 Å². The summed E-state index contributed by atoms with van der Waals surface area (Å²) in [4.78, 5) is 31.2. The van der Waals surface area contributed by atoms with Gasteiger partial charge in [0.25, 0.3) is 11.8 Å². The molecule has 1 fully saturated rings. The zero-order valence-electron chi connectivity index (χ0n) is 16.0. The van der Waals surface area contributed by atoms with Crippen LogP contribution in [0.15, 0.2) is 29.6 Å². The van der Waals surface area contributed by atoms with Crippen molar-refractivity contribution >= 4 is 39.9 Å². The van der Waals surface area contributed by atoms with E-state index in [9.17, 15) is 9.59 Å². The van der Waals surface area contributed by atoms with E-state index in [0.29, 0.717) is 29.6 Å². The molecule has 12 heteroatoms. The topological polar surface area (TPSA) is 114 Å². The van der Waals surface area contributed by atoms with Crippen LogP contribution in [0, 0.1) is 6.92 Å². The van der Waals surface area contributed by atoms with E-state index in [1.54, 1.807) is 36.6 Å². The Kier molecular flexibility index (Phi) is 5.93. The van der Waals surface area contributed by atoms with Gasteiger partial charge in [-0.1, -0.05) is 22.9 Å². The summed E-state index contributed by atoms with van der Waals surface area (Å²) in [5.41, 5.74) is 6.21. The van der Waals surface area contributed by atoms with Crippen molar-refractivity contribution in [1.29, 1.82) is 0 Å². The lowest BCUT2D eigenvalue weighted by Gasteiger charge is -2.25. The second kappa shape index (κ2) is 8.78. The van der Waals surface area contributed by atoms with Crippen molar-refractivity contribution in [3.05, 3.63) is 51.7 Å². The fourth-order valence-corrected chi connectivity index (χ4v) is 3.94. The highest BCUT2D eigenvalue weighted by Crippen LogP contribution is 2.21. The van der Waals surface area contributed by atoms with Gasteiger partial charge in [0.15, 0.2) is 10.8 Å². The highest BCUT2D eigenvalue weighted by atomic mass is 35.5. The molecule has 156 valence electrons. The maximum atomic E-state index is 12.5. The van der Waals surface area contributed by atoms with Gasteiger partial charge >= 0.3 is 0 Å². The van der Waals surface area contributed by atoms with Crippen LogP contribution in [0.4, 0.5) is 5.13 Å². The molecule has 3 aromatic rings. The van der Waals surface area contributed by atoms with Crippen LogP contribution in [0.2, 0.25) is 5.02 Å². The maximum Gasteiger partial charge on any atom is 0.292 e. The number of carbonyl (C=O) groups excluding carboxylic acids is 2. The summed E-state index contributed by atoms with van der Waals surface area (Å²) in [5.74, 6) is -1.10. The third-order valence-corrected chi connectivity index (χ3v) is 5.59. The summed E-state index contributed by atoms with van der Waals surface area (Å²) in [6, 6.07) is 7.02. The van der Waals surface area contributed by atoms with Gasteiger partial charge in [0.2, 0.25) is 0 Å². The summed E-state index contributed by atoms with van der Waals surface area (Å²) in [5, 5.41) is 10.8. The molecule has 0 bridgehead atoms. The first-order valence-electron chi connectivity index (χ1n) is 9.10. The summed E-state index contributed by atoms with van der Waals surface area (Å²) < 4.78 is 6.81. The van der Waals surface area contributed by atoms with E-state index in [4.69, 9.17) is 16.3 Å².